The number of aliphatic carboxylic acids is 1. The number of thioether (sulfide) groups is 1. The third-order valence-electron chi connectivity index (χ3n) is 2.62. The van der Waals surface area contributed by atoms with Crippen LogP contribution < -0.4 is 5.32 Å². The van der Waals surface area contributed by atoms with Gasteiger partial charge in [-0.25, -0.2) is 0 Å². The molecule has 0 saturated heterocycles. The molecule has 0 aromatic rings. The third kappa shape index (κ3) is 2.88. The smallest absolute Gasteiger partial charge is 0.320 e. The predicted molar refractivity (Wildman–Crippen MR) is 55.2 cm³/mol. The Bertz CT molecular complexity index is 192. The summed E-state index contributed by atoms with van der Waals surface area (Å²) in [6, 6.07) is -0.371. The highest BCUT2D eigenvalue weighted by Crippen LogP contribution is 2.46. The van der Waals surface area contributed by atoms with E-state index in [-0.39, 0.29) is 6.04 Å². The lowest BCUT2D eigenvalue weighted by Crippen LogP contribution is -2.40. The minimum Gasteiger partial charge on any atom is -0.480 e. The molecule has 1 rings (SSSR count). The Morgan fingerprint density at radius 2 is 2.31 bits per heavy atom. The summed E-state index contributed by atoms with van der Waals surface area (Å²) in [6.07, 6.45) is 5.19. The molecule has 13 heavy (non-hydrogen) atoms. The van der Waals surface area contributed by atoms with E-state index in [1.165, 1.54) is 12.8 Å². The van der Waals surface area contributed by atoms with Crippen molar-refractivity contribution >= 4 is 17.7 Å². The second-order valence-corrected chi connectivity index (χ2v) is 4.84. The maximum absolute atomic E-state index is 10.7. The van der Waals surface area contributed by atoms with Crippen molar-refractivity contribution in [3.63, 3.8) is 0 Å². The molecule has 0 spiro atoms. The Labute approximate surface area is 83.3 Å². The molecule has 1 saturated carbocycles. The van der Waals surface area contributed by atoms with Gasteiger partial charge < -0.3 is 10.4 Å². The van der Waals surface area contributed by atoms with Crippen molar-refractivity contribution in [3.8, 4) is 0 Å². The fourth-order valence-electron chi connectivity index (χ4n) is 1.31. The Kier molecular flexibility index (Phi) is 3.62. The molecule has 1 aliphatic carbocycles. The van der Waals surface area contributed by atoms with Gasteiger partial charge in [0.25, 0.3) is 0 Å². The highest BCUT2D eigenvalue weighted by molar-refractivity contribution is 8.00. The standard InChI is InChI=1S/C9H17NO2S/c1-3-7(8(11)12)10-6-9(13-2)4-5-9/h7,10H,3-6H2,1-2H3,(H,11,12). The molecule has 0 aromatic heterocycles. The first-order valence-electron chi connectivity index (χ1n) is 4.65. The Hall–Kier alpha value is -0.220. The van der Waals surface area contributed by atoms with Crippen LogP contribution in [0.2, 0.25) is 0 Å². The molecule has 2 N–H and O–H groups in total. The van der Waals surface area contributed by atoms with E-state index in [1.54, 1.807) is 0 Å². The van der Waals surface area contributed by atoms with E-state index in [4.69, 9.17) is 5.11 Å². The van der Waals surface area contributed by atoms with E-state index in [0.717, 1.165) is 6.54 Å². The van der Waals surface area contributed by atoms with Crippen molar-refractivity contribution in [1.82, 2.24) is 5.32 Å². The van der Waals surface area contributed by atoms with Gasteiger partial charge in [0.05, 0.1) is 0 Å². The maximum Gasteiger partial charge on any atom is 0.320 e. The van der Waals surface area contributed by atoms with Crippen LogP contribution in [0.4, 0.5) is 0 Å². The van der Waals surface area contributed by atoms with E-state index in [2.05, 4.69) is 11.6 Å². The number of carboxylic acids is 1. The van der Waals surface area contributed by atoms with Crippen LogP contribution >= 0.6 is 11.8 Å². The lowest BCUT2D eigenvalue weighted by Gasteiger charge is -2.17. The molecular weight excluding hydrogens is 186 g/mol. The topological polar surface area (TPSA) is 49.3 Å². The first kappa shape index (κ1) is 10.9. The van der Waals surface area contributed by atoms with Crippen molar-refractivity contribution in [2.45, 2.75) is 37.0 Å². The number of nitrogens with one attached hydrogen (secondary N) is 1. The van der Waals surface area contributed by atoms with Crippen molar-refractivity contribution < 1.29 is 9.90 Å². The molecule has 0 heterocycles. The average Bonchev–Trinajstić information content (AvgIpc) is 2.86. The fraction of sp³-hybridized carbons (Fsp3) is 0.889. The first-order valence-corrected chi connectivity index (χ1v) is 5.87. The largest absolute Gasteiger partial charge is 0.480 e. The van der Waals surface area contributed by atoms with Crippen LogP contribution in [0.1, 0.15) is 26.2 Å². The summed E-state index contributed by atoms with van der Waals surface area (Å²) in [6.45, 7) is 2.73. The van der Waals surface area contributed by atoms with Crippen LogP contribution in [0.15, 0.2) is 0 Å². The third-order valence-corrected chi connectivity index (χ3v) is 4.04. The quantitative estimate of drug-likeness (QED) is 0.684. The molecule has 1 unspecified atom stereocenters. The lowest BCUT2D eigenvalue weighted by molar-refractivity contribution is -0.139. The fourth-order valence-corrected chi connectivity index (χ4v) is 2.05. The molecule has 1 fully saturated rings. The zero-order chi connectivity index (χ0) is 9.90. The Balaban J connectivity index is 2.27. The summed E-state index contributed by atoms with van der Waals surface area (Å²) < 4.78 is 0.350. The average molecular weight is 203 g/mol. The van der Waals surface area contributed by atoms with E-state index in [0.29, 0.717) is 11.2 Å². The molecule has 3 nitrogen and oxygen atoms in total. The van der Waals surface area contributed by atoms with Crippen molar-refractivity contribution in [2.24, 2.45) is 0 Å². The van der Waals surface area contributed by atoms with Gasteiger partial charge in [0.15, 0.2) is 0 Å². The molecule has 76 valence electrons. The lowest BCUT2D eigenvalue weighted by atomic mass is 10.2. The number of rotatable bonds is 6. The second kappa shape index (κ2) is 4.33. The Morgan fingerprint density at radius 1 is 1.69 bits per heavy atom. The molecule has 1 aliphatic rings. The number of carboxylic acid groups (broad SMARTS) is 1. The zero-order valence-electron chi connectivity index (χ0n) is 8.17. The summed E-state index contributed by atoms with van der Waals surface area (Å²) in [5, 5.41) is 11.9. The molecular formula is C9H17NO2S. The van der Waals surface area contributed by atoms with Crippen LogP contribution in [0.5, 0.6) is 0 Å². The molecule has 0 aliphatic heterocycles. The van der Waals surface area contributed by atoms with E-state index < -0.39 is 5.97 Å². The first-order chi connectivity index (χ1) is 6.13. The molecule has 1 atom stereocenters. The SMILES string of the molecule is CCC(NCC1(SC)CC1)C(=O)O. The van der Waals surface area contributed by atoms with Crippen LogP contribution in [0.3, 0.4) is 0 Å². The van der Waals surface area contributed by atoms with Gasteiger partial charge in [0.2, 0.25) is 0 Å². The van der Waals surface area contributed by atoms with Crippen LogP contribution in [0, 0.1) is 0 Å². The van der Waals surface area contributed by atoms with Gasteiger partial charge in [0, 0.05) is 11.3 Å². The minimum atomic E-state index is -0.737. The zero-order valence-corrected chi connectivity index (χ0v) is 8.99. The summed E-state index contributed by atoms with van der Waals surface area (Å²) in [5.74, 6) is -0.737. The summed E-state index contributed by atoms with van der Waals surface area (Å²) in [7, 11) is 0. The second-order valence-electron chi connectivity index (χ2n) is 3.57. The highest BCUT2D eigenvalue weighted by atomic mass is 32.2. The monoisotopic (exact) mass is 203 g/mol. The summed E-state index contributed by atoms with van der Waals surface area (Å²) in [4.78, 5) is 10.7. The van der Waals surface area contributed by atoms with Crippen molar-refractivity contribution in [3.05, 3.63) is 0 Å². The maximum atomic E-state index is 10.7. The molecule has 0 amide bonds. The summed E-state index contributed by atoms with van der Waals surface area (Å²) >= 11 is 1.85. The van der Waals surface area contributed by atoms with E-state index in [1.807, 2.05) is 18.7 Å². The van der Waals surface area contributed by atoms with Gasteiger partial charge in [-0.15, -0.1) is 0 Å². The molecule has 0 radical (unpaired) electrons. The highest BCUT2D eigenvalue weighted by Gasteiger charge is 2.42. The molecule has 0 aromatic carbocycles. The molecule has 4 heteroatoms. The van der Waals surface area contributed by atoms with Crippen LogP contribution in [-0.4, -0.2) is 34.7 Å². The van der Waals surface area contributed by atoms with Crippen LogP contribution in [-0.2, 0) is 4.79 Å². The number of hydrogen-bond donors (Lipinski definition) is 2. The van der Waals surface area contributed by atoms with E-state index >= 15 is 0 Å². The van der Waals surface area contributed by atoms with Crippen molar-refractivity contribution in [1.29, 1.82) is 0 Å². The van der Waals surface area contributed by atoms with Gasteiger partial charge in [-0.1, -0.05) is 6.92 Å². The predicted octanol–water partition coefficient (Wildman–Crippen LogP) is 1.33. The normalized spacial score (nSPS) is 21.1. The molecule has 0 bridgehead atoms. The van der Waals surface area contributed by atoms with Gasteiger partial charge in [-0.05, 0) is 25.5 Å². The number of hydrogen-bond acceptors (Lipinski definition) is 3. The Morgan fingerprint density at radius 3 is 2.62 bits per heavy atom. The van der Waals surface area contributed by atoms with Gasteiger partial charge in [0.1, 0.15) is 6.04 Å². The van der Waals surface area contributed by atoms with Crippen LogP contribution in [0.25, 0.3) is 0 Å². The van der Waals surface area contributed by atoms with Crippen molar-refractivity contribution in [2.75, 3.05) is 12.8 Å². The van der Waals surface area contributed by atoms with Gasteiger partial charge >= 0.3 is 5.97 Å². The summed E-state index contributed by atoms with van der Waals surface area (Å²) in [5.41, 5.74) is 0. The van der Waals surface area contributed by atoms with Gasteiger partial charge in [-0.3, -0.25) is 4.79 Å². The van der Waals surface area contributed by atoms with E-state index in [9.17, 15) is 4.79 Å². The number of carbonyl (C=O) groups is 1. The van der Waals surface area contributed by atoms with Gasteiger partial charge in [-0.2, -0.15) is 11.8 Å². The minimum absolute atomic E-state index is 0.350.